The van der Waals surface area contributed by atoms with Gasteiger partial charge in [-0.25, -0.2) is 0 Å². The molecule has 1 heterocycles. The van der Waals surface area contributed by atoms with Crippen molar-refractivity contribution in [2.75, 3.05) is 26.2 Å². The van der Waals surface area contributed by atoms with Crippen LogP contribution in [0.2, 0.25) is 5.02 Å². The first-order valence-corrected chi connectivity index (χ1v) is 9.57. The van der Waals surface area contributed by atoms with Crippen LogP contribution >= 0.6 is 11.6 Å². The van der Waals surface area contributed by atoms with Crippen molar-refractivity contribution in [3.8, 4) is 0 Å². The minimum Gasteiger partial charge on any atom is -0.481 e. The topological polar surface area (TPSA) is 60.9 Å². The molecule has 0 unspecified atom stereocenters. The van der Waals surface area contributed by atoms with Gasteiger partial charge in [-0.3, -0.25) is 14.5 Å². The maximum absolute atomic E-state index is 13.0. The molecule has 0 spiro atoms. The number of benzene rings is 1. The van der Waals surface area contributed by atoms with E-state index >= 15 is 0 Å². The normalized spacial score (nSPS) is 30.7. The van der Waals surface area contributed by atoms with Crippen LogP contribution in [0.3, 0.4) is 0 Å². The lowest BCUT2D eigenvalue weighted by Crippen LogP contribution is -2.52. The van der Waals surface area contributed by atoms with Crippen molar-refractivity contribution >= 4 is 23.5 Å². The van der Waals surface area contributed by atoms with Crippen LogP contribution in [0, 0.1) is 23.7 Å². The highest BCUT2D eigenvalue weighted by molar-refractivity contribution is 6.30. The monoisotopic (exact) mass is 374 g/mol. The zero-order valence-corrected chi connectivity index (χ0v) is 15.3. The van der Waals surface area contributed by atoms with E-state index in [-0.39, 0.29) is 23.7 Å². The highest BCUT2D eigenvalue weighted by atomic mass is 35.5. The quantitative estimate of drug-likeness (QED) is 0.822. The number of nitrogens with zero attached hydrogens (tertiary/aromatic N) is 2. The van der Waals surface area contributed by atoms with Crippen molar-refractivity contribution in [1.29, 1.82) is 0 Å². The van der Waals surface area contributed by atoms with Crippen LogP contribution < -0.4 is 0 Å². The third-order valence-electron chi connectivity index (χ3n) is 6.01. The van der Waals surface area contributed by atoms with E-state index in [0.29, 0.717) is 13.1 Å². The molecule has 1 aliphatic heterocycles. The minimum absolute atomic E-state index is 0.0237. The number of hydrogen-bond donors (Lipinski definition) is 1. The van der Waals surface area contributed by atoms with E-state index in [0.717, 1.165) is 31.1 Å². The highest BCUT2D eigenvalue weighted by Crippen LogP contribution is 2.48. The van der Waals surface area contributed by atoms with Gasteiger partial charge < -0.3 is 10.0 Å². The number of amides is 1. The molecule has 0 aromatic heterocycles. The molecule has 4 rings (SSSR count). The summed E-state index contributed by atoms with van der Waals surface area (Å²) < 4.78 is 0. The molecular formula is C20H23ClN2O3. The number of carbonyl (C=O) groups is 2. The van der Waals surface area contributed by atoms with E-state index in [1.807, 2.05) is 35.3 Å². The van der Waals surface area contributed by atoms with Crippen LogP contribution in [0.4, 0.5) is 0 Å². The van der Waals surface area contributed by atoms with Gasteiger partial charge in [0.15, 0.2) is 0 Å². The number of piperazine rings is 1. The standard InChI is InChI=1S/C20H23ClN2O3/c21-16-3-1-2-13(10-16)12-22-6-8-23(9-7-22)19(24)17-14-4-5-15(11-14)18(17)20(25)26/h1-5,10,14-15,17-18H,6-9,11-12H2,(H,25,26)/t14-,15-,17+,18+/m0/s1. The first-order chi connectivity index (χ1) is 12.5. The van der Waals surface area contributed by atoms with Gasteiger partial charge in [-0.1, -0.05) is 35.9 Å². The Balaban J connectivity index is 1.36. The Morgan fingerprint density at radius 1 is 1.08 bits per heavy atom. The van der Waals surface area contributed by atoms with E-state index in [2.05, 4.69) is 11.0 Å². The molecule has 26 heavy (non-hydrogen) atoms. The maximum Gasteiger partial charge on any atom is 0.307 e. The first-order valence-electron chi connectivity index (χ1n) is 9.19. The highest BCUT2D eigenvalue weighted by Gasteiger charge is 2.52. The third-order valence-corrected chi connectivity index (χ3v) is 6.24. The molecule has 6 heteroatoms. The van der Waals surface area contributed by atoms with Crippen molar-refractivity contribution in [3.05, 3.63) is 47.0 Å². The molecule has 1 saturated heterocycles. The summed E-state index contributed by atoms with van der Waals surface area (Å²) in [6.07, 6.45) is 4.83. The number of allylic oxidation sites excluding steroid dienone is 2. The Kier molecular flexibility index (Phi) is 4.76. The van der Waals surface area contributed by atoms with Gasteiger partial charge in [-0.2, -0.15) is 0 Å². The van der Waals surface area contributed by atoms with E-state index in [9.17, 15) is 14.7 Å². The van der Waals surface area contributed by atoms with Crippen LogP contribution in [0.1, 0.15) is 12.0 Å². The molecule has 4 atom stereocenters. The summed E-state index contributed by atoms with van der Waals surface area (Å²) in [5, 5.41) is 10.3. The largest absolute Gasteiger partial charge is 0.481 e. The summed E-state index contributed by atoms with van der Waals surface area (Å²) in [6.45, 7) is 3.73. The van der Waals surface area contributed by atoms with Crippen LogP contribution in [0.25, 0.3) is 0 Å². The second-order valence-corrected chi connectivity index (χ2v) is 8.01. The van der Waals surface area contributed by atoms with Gasteiger partial charge in [0.1, 0.15) is 0 Å². The summed E-state index contributed by atoms with van der Waals surface area (Å²) in [5.41, 5.74) is 1.17. The fourth-order valence-corrected chi connectivity index (χ4v) is 4.94. The SMILES string of the molecule is O=C(O)[C@H]1[C@H](C(=O)N2CCN(Cc3cccc(Cl)c3)CC2)[C@H]2C=C[C@H]1C2. The number of carbonyl (C=O) groups excluding carboxylic acids is 1. The molecule has 3 aliphatic rings. The molecule has 138 valence electrons. The predicted octanol–water partition coefficient (Wildman–Crippen LogP) is 2.51. The van der Waals surface area contributed by atoms with E-state index in [1.54, 1.807) is 0 Å². The van der Waals surface area contributed by atoms with Gasteiger partial charge in [-0.05, 0) is 36.0 Å². The Bertz CT molecular complexity index is 742. The number of rotatable bonds is 4. The van der Waals surface area contributed by atoms with Gasteiger partial charge >= 0.3 is 5.97 Å². The van der Waals surface area contributed by atoms with Crippen molar-refractivity contribution < 1.29 is 14.7 Å². The molecule has 2 aliphatic carbocycles. The second kappa shape index (κ2) is 7.05. The van der Waals surface area contributed by atoms with Gasteiger partial charge in [-0.15, -0.1) is 0 Å². The average Bonchev–Trinajstić information content (AvgIpc) is 3.23. The van der Waals surface area contributed by atoms with Gasteiger partial charge in [0.05, 0.1) is 11.8 Å². The fourth-order valence-electron chi connectivity index (χ4n) is 4.73. The summed E-state index contributed by atoms with van der Waals surface area (Å²) in [4.78, 5) is 28.8. The van der Waals surface area contributed by atoms with Gasteiger partial charge in [0.2, 0.25) is 5.91 Å². The van der Waals surface area contributed by atoms with Crippen molar-refractivity contribution in [3.63, 3.8) is 0 Å². The number of carboxylic acid groups (broad SMARTS) is 1. The molecule has 1 aromatic rings. The Labute approximate surface area is 158 Å². The predicted molar refractivity (Wildman–Crippen MR) is 98.7 cm³/mol. The zero-order valence-electron chi connectivity index (χ0n) is 14.6. The summed E-state index contributed by atoms with van der Waals surface area (Å²) in [5.74, 6) is -1.63. The molecule has 2 fully saturated rings. The second-order valence-electron chi connectivity index (χ2n) is 7.57. The Morgan fingerprint density at radius 3 is 2.42 bits per heavy atom. The lowest BCUT2D eigenvalue weighted by Gasteiger charge is -2.37. The fraction of sp³-hybridized carbons (Fsp3) is 0.500. The molecule has 1 amide bonds. The number of carboxylic acids is 1. The van der Waals surface area contributed by atoms with Gasteiger partial charge in [0, 0.05) is 37.7 Å². The molecule has 2 bridgehead atoms. The number of aliphatic carboxylic acids is 1. The molecule has 1 aromatic carbocycles. The van der Waals surface area contributed by atoms with Crippen molar-refractivity contribution in [2.24, 2.45) is 23.7 Å². The lowest BCUT2D eigenvalue weighted by molar-refractivity contribution is -0.151. The summed E-state index contributed by atoms with van der Waals surface area (Å²) >= 11 is 6.05. The number of hydrogen-bond acceptors (Lipinski definition) is 3. The number of fused-ring (bicyclic) bond motifs is 2. The smallest absolute Gasteiger partial charge is 0.307 e. The average molecular weight is 375 g/mol. The third kappa shape index (κ3) is 3.26. The maximum atomic E-state index is 13.0. The minimum atomic E-state index is -0.834. The van der Waals surface area contributed by atoms with E-state index in [4.69, 9.17) is 11.6 Å². The van der Waals surface area contributed by atoms with Gasteiger partial charge in [0.25, 0.3) is 0 Å². The van der Waals surface area contributed by atoms with Crippen LogP contribution in [-0.2, 0) is 16.1 Å². The van der Waals surface area contributed by atoms with Crippen molar-refractivity contribution in [2.45, 2.75) is 13.0 Å². The van der Waals surface area contributed by atoms with Crippen LogP contribution in [-0.4, -0.2) is 53.0 Å². The lowest BCUT2D eigenvalue weighted by atomic mass is 9.82. The molecular weight excluding hydrogens is 352 g/mol. The van der Waals surface area contributed by atoms with E-state index in [1.165, 1.54) is 5.56 Å². The van der Waals surface area contributed by atoms with Crippen molar-refractivity contribution in [1.82, 2.24) is 9.80 Å². The first kappa shape index (κ1) is 17.6. The molecule has 1 N–H and O–H groups in total. The summed E-state index contributed by atoms with van der Waals surface area (Å²) in [6, 6.07) is 7.84. The van der Waals surface area contributed by atoms with Crippen LogP contribution in [0.5, 0.6) is 0 Å². The summed E-state index contributed by atoms with van der Waals surface area (Å²) in [7, 11) is 0. The van der Waals surface area contributed by atoms with Crippen LogP contribution in [0.15, 0.2) is 36.4 Å². The molecule has 1 saturated carbocycles. The molecule has 5 nitrogen and oxygen atoms in total. The zero-order chi connectivity index (χ0) is 18.3. The Hall–Kier alpha value is -1.85. The molecule has 0 radical (unpaired) electrons. The van der Waals surface area contributed by atoms with E-state index < -0.39 is 11.9 Å². The Morgan fingerprint density at radius 2 is 1.77 bits per heavy atom. The number of halogens is 1.